The fraction of sp³-hybridized carbons (Fsp3) is 0.429. The van der Waals surface area contributed by atoms with Crippen LogP contribution >= 0.6 is 0 Å². The first kappa shape index (κ1) is 15.9. The molecule has 5 nitrogen and oxygen atoms in total. The van der Waals surface area contributed by atoms with Crippen molar-refractivity contribution in [3.63, 3.8) is 0 Å². The summed E-state index contributed by atoms with van der Waals surface area (Å²) in [6, 6.07) is 3.78. The first-order valence-electron chi connectivity index (χ1n) is 6.33. The number of benzene rings is 1. The van der Waals surface area contributed by atoms with Crippen molar-refractivity contribution in [1.29, 1.82) is 0 Å². The van der Waals surface area contributed by atoms with Gasteiger partial charge in [-0.15, -0.1) is 0 Å². The number of halogens is 1. The number of amides is 2. The number of nitrogens with one attached hydrogen (secondary N) is 1. The Morgan fingerprint density at radius 1 is 1.40 bits per heavy atom. The quantitative estimate of drug-likeness (QED) is 0.872. The Hall–Kier alpha value is -2.11. The molecule has 110 valence electrons. The largest absolute Gasteiger partial charge is 0.480 e. The second-order valence-corrected chi connectivity index (χ2v) is 5.06. The molecule has 20 heavy (non-hydrogen) atoms. The number of anilines is 1. The van der Waals surface area contributed by atoms with Crippen LogP contribution in [0.5, 0.6) is 0 Å². The lowest BCUT2D eigenvalue weighted by Gasteiger charge is -2.23. The van der Waals surface area contributed by atoms with E-state index in [-0.39, 0.29) is 5.92 Å². The fourth-order valence-corrected chi connectivity index (χ4v) is 1.70. The van der Waals surface area contributed by atoms with E-state index in [0.717, 1.165) is 0 Å². The van der Waals surface area contributed by atoms with Gasteiger partial charge < -0.3 is 15.3 Å². The van der Waals surface area contributed by atoms with Crippen LogP contribution in [-0.2, 0) is 4.79 Å². The number of aryl methyl sites for hydroxylation is 1. The Balaban J connectivity index is 2.78. The molecule has 0 spiro atoms. The molecule has 6 heteroatoms. The Morgan fingerprint density at radius 3 is 2.55 bits per heavy atom. The number of hydrogen-bond acceptors (Lipinski definition) is 2. The van der Waals surface area contributed by atoms with Gasteiger partial charge in [-0.1, -0.05) is 19.9 Å². The summed E-state index contributed by atoms with van der Waals surface area (Å²) in [5, 5.41) is 11.3. The van der Waals surface area contributed by atoms with Gasteiger partial charge in [-0.2, -0.15) is 0 Å². The molecule has 0 bridgehead atoms. The lowest BCUT2D eigenvalue weighted by molar-refractivity contribution is -0.137. The smallest absolute Gasteiger partial charge is 0.323 e. The minimum atomic E-state index is -1.09. The van der Waals surface area contributed by atoms with Crippen molar-refractivity contribution >= 4 is 17.7 Å². The zero-order valence-corrected chi connectivity index (χ0v) is 11.8. The van der Waals surface area contributed by atoms with Gasteiger partial charge in [-0.05, 0) is 30.5 Å². The van der Waals surface area contributed by atoms with Crippen molar-refractivity contribution in [2.45, 2.75) is 20.8 Å². The normalized spacial score (nSPS) is 10.4. The van der Waals surface area contributed by atoms with Gasteiger partial charge in [0.2, 0.25) is 0 Å². The maximum Gasteiger partial charge on any atom is 0.323 e. The minimum absolute atomic E-state index is 0.134. The van der Waals surface area contributed by atoms with Gasteiger partial charge in [-0.3, -0.25) is 4.79 Å². The summed E-state index contributed by atoms with van der Waals surface area (Å²) in [5.41, 5.74) is 0.782. The predicted octanol–water partition coefficient (Wildman–Crippen LogP) is 2.71. The summed E-state index contributed by atoms with van der Waals surface area (Å²) in [5.74, 6) is -1.37. The predicted molar refractivity (Wildman–Crippen MR) is 74.2 cm³/mol. The standard InChI is InChI=1S/C14H19FN2O3/c1-9(2)7-17(8-13(18)19)14(20)16-11-5-4-10(3)12(15)6-11/h4-6,9H,7-8H2,1-3H3,(H,16,20)(H,18,19). The molecule has 0 saturated carbocycles. The van der Waals surface area contributed by atoms with Crippen LogP contribution in [0.3, 0.4) is 0 Å². The Bertz CT molecular complexity index is 503. The number of rotatable bonds is 5. The molecule has 0 atom stereocenters. The van der Waals surface area contributed by atoms with Crippen LogP contribution < -0.4 is 5.32 Å². The molecule has 0 aromatic heterocycles. The summed E-state index contributed by atoms with van der Waals surface area (Å²) < 4.78 is 13.4. The molecular formula is C14H19FN2O3. The first-order valence-corrected chi connectivity index (χ1v) is 6.33. The van der Waals surface area contributed by atoms with Crippen molar-refractivity contribution in [1.82, 2.24) is 4.90 Å². The Kier molecular flexibility index (Phi) is 5.49. The van der Waals surface area contributed by atoms with Crippen molar-refractivity contribution in [2.24, 2.45) is 5.92 Å². The highest BCUT2D eigenvalue weighted by Gasteiger charge is 2.18. The molecule has 0 radical (unpaired) electrons. The highest BCUT2D eigenvalue weighted by molar-refractivity contribution is 5.91. The summed E-state index contributed by atoms with van der Waals surface area (Å²) in [6.07, 6.45) is 0. The second kappa shape index (κ2) is 6.88. The highest BCUT2D eigenvalue weighted by Crippen LogP contribution is 2.14. The van der Waals surface area contributed by atoms with Crippen molar-refractivity contribution < 1.29 is 19.1 Å². The average molecular weight is 282 g/mol. The lowest BCUT2D eigenvalue weighted by Crippen LogP contribution is -2.40. The van der Waals surface area contributed by atoms with Crippen LogP contribution in [0.2, 0.25) is 0 Å². The van der Waals surface area contributed by atoms with Gasteiger partial charge in [0.25, 0.3) is 0 Å². The fourth-order valence-electron chi connectivity index (χ4n) is 1.70. The maximum atomic E-state index is 13.4. The van der Waals surface area contributed by atoms with Crippen LogP contribution in [0.25, 0.3) is 0 Å². The Morgan fingerprint density at radius 2 is 2.05 bits per heavy atom. The van der Waals surface area contributed by atoms with E-state index in [1.807, 2.05) is 13.8 Å². The second-order valence-electron chi connectivity index (χ2n) is 5.06. The number of carbonyl (C=O) groups excluding carboxylic acids is 1. The zero-order valence-electron chi connectivity index (χ0n) is 11.8. The monoisotopic (exact) mass is 282 g/mol. The average Bonchev–Trinajstić information content (AvgIpc) is 2.32. The van der Waals surface area contributed by atoms with Gasteiger partial charge in [0.1, 0.15) is 12.4 Å². The van der Waals surface area contributed by atoms with Crippen molar-refractivity contribution in [3.05, 3.63) is 29.6 Å². The number of aliphatic carboxylic acids is 1. The van der Waals surface area contributed by atoms with Gasteiger partial charge in [-0.25, -0.2) is 9.18 Å². The molecule has 0 fully saturated rings. The molecule has 1 aromatic rings. The van der Waals surface area contributed by atoms with Crippen LogP contribution in [0.1, 0.15) is 19.4 Å². The van der Waals surface area contributed by atoms with Gasteiger partial charge >= 0.3 is 12.0 Å². The molecule has 0 aliphatic carbocycles. The number of carboxylic acids is 1. The summed E-state index contributed by atoms with van der Waals surface area (Å²) in [6.45, 7) is 5.31. The van der Waals surface area contributed by atoms with Gasteiger partial charge in [0.15, 0.2) is 0 Å². The zero-order chi connectivity index (χ0) is 15.3. The summed E-state index contributed by atoms with van der Waals surface area (Å²) in [4.78, 5) is 24.0. The Labute approximate surface area is 117 Å². The molecule has 2 amide bonds. The van der Waals surface area contributed by atoms with Gasteiger partial charge in [0, 0.05) is 12.2 Å². The number of carbonyl (C=O) groups is 2. The van der Waals surface area contributed by atoms with E-state index in [2.05, 4.69) is 5.32 Å². The summed E-state index contributed by atoms with van der Waals surface area (Å²) in [7, 11) is 0. The van der Waals surface area contributed by atoms with E-state index in [1.165, 1.54) is 11.0 Å². The number of hydrogen-bond donors (Lipinski definition) is 2. The molecule has 1 aromatic carbocycles. The van der Waals surface area contributed by atoms with Crippen molar-refractivity contribution in [3.8, 4) is 0 Å². The molecule has 0 heterocycles. The topological polar surface area (TPSA) is 69.6 Å². The number of carboxylic acid groups (broad SMARTS) is 1. The SMILES string of the molecule is Cc1ccc(NC(=O)N(CC(=O)O)CC(C)C)cc1F. The van der Waals surface area contributed by atoms with Gasteiger partial charge in [0.05, 0.1) is 0 Å². The summed E-state index contributed by atoms with van der Waals surface area (Å²) >= 11 is 0. The molecule has 0 unspecified atom stereocenters. The molecular weight excluding hydrogens is 263 g/mol. The van der Waals surface area contributed by atoms with E-state index in [1.54, 1.807) is 19.1 Å². The minimum Gasteiger partial charge on any atom is -0.480 e. The third-order valence-corrected chi connectivity index (χ3v) is 2.62. The maximum absolute atomic E-state index is 13.4. The lowest BCUT2D eigenvalue weighted by atomic mass is 10.2. The van der Waals surface area contributed by atoms with Crippen molar-refractivity contribution in [2.75, 3.05) is 18.4 Å². The molecule has 0 aliphatic heterocycles. The molecule has 0 aliphatic rings. The van der Waals surface area contributed by atoms with Crippen LogP contribution in [0.4, 0.5) is 14.9 Å². The first-order chi connectivity index (χ1) is 9.29. The molecule has 1 rings (SSSR count). The van der Waals surface area contributed by atoms with E-state index in [0.29, 0.717) is 17.8 Å². The number of urea groups is 1. The molecule has 2 N–H and O–H groups in total. The van der Waals surface area contributed by atoms with E-state index >= 15 is 0 Å². The number of nitrogens with zero attached hydrogens (tertiary/aromatic N) is 1. The third kappa shape index (κ3) is 4.87. The van der Waals surface area contributed by atoms with E-state index in [9.17, 15) is 14.0 Å². The van der Waals surface area contributed by atoms with E-state index in [4.69, 9.17) is 5.11 Å². The van der Waals surface area contributed by atoms with Crippen LogP contribution in [0.15, 0.2) is 18.2 Å². The molecule has 0 saturated heterocycles. The van der Waals surface area contributed by atoms with E-state index < -0.39 is 24.4 Å². The van der Waals surface area contributed by atoms with Crippen LogP contribution in [0, 0.1) is 18.7 Å². The van der Waals surface area contributed by atoms with Crippen LogP contribution in [-0.4, -0.2) is 35.1 Å². The third-order valence-electron chi connectivity index (χ3n) is 2.62. The highest BCUT2D eigenvalue weighted by atomic mass is 19.1.